The van der Waals surface area contributed by atoms with Crippen molar-refractivity contribution in [3.8, 4) is 0 Å². The first-order chi connectivity index (χ1) is 13.5. The second-order valence-corrected chi connectivity index (χ2v) is 10.1. The molecule has 0 aromatic carbocycles. The van der Waals surface area contributed by atoms with Gasteiger partial charge in [0.2, 0.25) is 5.91 Å². The van der Waals surface area contributed by atoms with Crippen LogP contribution in [0, 0.1) is 5.92 Å². The van der Waals surface area contributed by atoms with Gasteiger partial charge in [0.1, 0.15) is 4.83 Å². The second-order valence-electron chi connectivity index (χ2n) is 7.89. The first-order valence-corrected chi connectivity index (χ1v) is 11.8. The lowest BCUT2D eigenvalue weighted by atomic mass is 9.89. The van der Waals surface area contributed by atoms with Crippen LogP contribution in [0.4, 0.5) is 0 Å². The molecule has 2 N–H and O–H groups in total. The van der Waals surface area contributed by atoms with Crippen LogP contribution >= 0.6 is 23.1 Å². The Balaban J connectivity index is 1.82. The molecule has 28 heavy (non-hydrogen) atoms. The van der Waals surface area contributed by atoms with Crippen LogP contribution in [0.15, 0.2) is 9.95 Å². The number of aryl methyl sites for hydroxylation is 1. The van der Waals surface area contributed by atoms with E-state index in [2.05, 4.69) is 6.92 Å². The molecule has 1 saturated heterocycles. The van der Waals surface area contributed by atoms with Gasteiger partial charge >= 0.3 is 0 Å². The van der Waals surface area contributed by atoms with Crippen LogP contribution in [0.1, 0.15) is 50.0 Å². The number of thiophene rings is 1. The van der Waals surface area contributed by atoms with E-state index in [1.165, 1.54) is 22.2 Å². The highest BCUT2D eigenvalue weighted by Crippen LogP contribution is 2.37. The molecule has 0 spiro atoms. The van der Waals surface area contributed by atoms with Gasteiger partial charge in [0.25, 0.3) is 5.56 Å². The number of thioether (sulfide) groups is 1. The van der Waals surface area contributed by atoms with E-state index in [1.807, 2.05) is 6.92 Å². The molecule has 1 aliphatic carbocycles. The highest BCUT2D eigenvalue weighted by Gasteiger charge is 2.28. The lowest BCUT2D eigenvalue weighted by Crippen LogP contribution is -2.31. The summed E-state index contributed by atoms with van der Waals surface area (Å²) >= 11 is 2.95. The summed E-state index contributed by atoms with van der Waals surface area (Å²) in [4.78, 5) is 32.3. The molecule has 0 bridgehead atoms. The maximum Gasteiger partial charge on any atom is 0.263 e. The molecule has 1 aliphatic heterocycles. The number of nitrogens with two attached hydrogens (primary N) is 1. The molecule has 2 aliphatic rings. The summed E-state index contributed by atoms with van der Waals surface area (Å²) in [6, 6.07) is 0. The van der Waals surface area contributed by atoms with E-state index in [-0.39, 0.29) is 17.6 Å². The van der Waals surface area contributed by atoms with Gasteiger partial charge in [-0.05, 0) is 50.0 Å². The Kier molecular flexibility index (Phi) is 5.81. The van der Waals surface area contributed by atoms with E-state index in [9.17, 15) is 9.59 Å². The molecule has 8 heteroatoms. The maximum absolute atomic E-state index is 13.5. The molecule has 2 aromatic heterocycles. The van der Waals surface area contributed by atoms with Crippen molar-refractivity contribution < 1.29 is 9.53 Å². The van der Waals surface area contributed by atoms with E-state index < -0.39 is 5.25 Å². The Morgan fingerprint density at radius 3 is 2.96 bits per heavy atom. The SMILES string of the molecule is CCC(Sc1nc2sc3c(c2c(=O)n1CC1CCCO1)CCC(C)C3)C(N)=O. The highest BCUT2D eigenvalue weighted by atomic mass is 32.2. The fourth-order valence-electron chi connectivity index (χ4n) is 4.12. The highest BCUT2D eigenvalue weighted by molar-refractivity contribution is 8.00. The summed E-state index contributed by atoms with van der Waals surface area (Å²) in [5, 5.41) is 0.973. The molecule has 152 valence electrons. The number of ether oxygens (including phenoxy) is 1. The number of hydrogen-bond donors (Lipinski definition) is 1. The van der Waals surface area contributed by atoms with Crippen LogP contribution in [-0.4, -0.2) is 33.4 Å². The number of carbonyl (C=O) groups is 1. The number of aromatic nitrogens is 2. The van der Waals surface area contributed by atoms with Crippen LogP contribution < -0.4 is 11.3 Å². The Morgan fingerprint density at radius 2 is 2.29 bits per heavy atom. The minimum atomic E-state index is -0.394. The van der Waals surface area contributed by atoms with Gasteiger partial charge in [-0.3, -0.25) is 14.2 Å². The third-order valence-electron chi connectivity index (χ3n) is 5.73. The smallest absolute Gasteiger partial charge is 0.263 e. The predicted molar refractivity (Wildman–Crippen MR) is 113 cm³/mol. The molecule has 3 unspecified atom stereocenters. The zero-order valence-corrected chi connectivity index (χ0v) is 18.0. The van der Waals surface area contributed by atoms with Gasteiger partial charge in [-0.25, -0.2) is 4.98 Å². The van der Waals surface area contributed by atoms with E-state index >= 15 is 0 Å². The van der Waals surface area contributed by atoms with Gasteiger partial charge in [0.15, 0.2) is 5.16 Å². The number of hydrogen-bond acceptors (Lipinski definition) is 6. The lowest BCUT2D eigenvalue weighted by molar-refractivity contribution is -0.117. The predicted octanol–water partition coefficient (Wildman–Crippen LogP) is 3.12. The Bertz CT molecular complexity index is 946. The van der Waals surface area contributed by atoms with Gasteiger partial charge in [0, 0.05) is 11.5 Å². The number of fused-ring (bicyclic) bond motifs is 3. The quantitative estimate of drug-likeness (QED) is 0.572. The van der Waals surface area contributed by atoms with Crippen molar-refractivity contribution in [2.45, 2.75) is 75.4 Å². The second kappa shape index (κ2) is 8.16. The number of nitrogens with zero attached hydrogens (tertiary/aromatic N) is 2. The van der Waals surface area contributed by atoms with Gasteiger partial charge in [-0.15, -0.1) is 11.3 Å². The first kappa shape index (κ1) is 19.9. The number of amides is 1. The van der Waals surface area contributed by atoms with E-state index in [0.29, 0.717) is 24.0 Å². The summed E-state index contributed by atoms with van der Waals surface area (Å²) in [5.41, 5.74) is 6.76. The molecular formula is C20H27N3O3S2. The van der Waals surface area contributed by atoms with Crippen molar-refractivity contribution in [1.29, 1.82) is 0 Å². The number of carbonyl (C=O) groups excluding carboxylic acids is 1. The molecule has 1 amide bonds. The van der Waals surface area contributed by atoms with Crippen LogP contribution in [0.5, 0.6) is 0 Å². The molecule has 0 radical (unpaired) electrons. The zero-order valence-electron chi connectivity index (χ0n) is 16.4. The van der Waals surface area contributed by atoms with Crippen molar-refractivity contribution >= 4 is 39.2 Å². The van der Waals surface area contributed by atoms with E-state index in [0.717, 1.165) is 48.9 Å². The van der Waals surface area contributed by atoms with Crippen molar-refractivity contribution in [2.75, 3.05) is 6.61 Å². The minimum Gasteiger partial charge on any atom is -0.376 e. The van der Waals surface area contributed by atoms with Gasteiger partial charge in [-0.2, -0.15) is 0 Å². The molecule has 3 atom stereocenters. The van der Waals surface area contributed by atoms with Crippen molar-refractivity contribution in [1.82, 2.24) is 9.55 Å². The molecule has 6 nitrogen and oxygen atoms in total. The van der Waals surface area contributed by atoms with E-state index in [1.54, 1.807) is 15.9 Å². The van der Waals surface area contributed by atoms with Crippen LogP contribution in [-0.2, 0) is 28.9 Å². The van der Waals surface area contributed by atoms with Crippen LogP contribution in [0.25, 0.3) is 10.2 Å². The van der Waals surface area contributed by atoms with Gasteiger partial charge < -0.3 is 10.5 Å². The molecule has 1 fully saturated rings. The molecule has 0 saturated carbocycles. The topological polar surface area (TPSA) is 87.2 Å². The van der Waals surface area contributed by atoms with Gasteiger partial charge in [-0.1, -0.05) is 25.6 Å². The number of rotatable bonds is 6. The molecular weight excluding hydrogens is 394 g/mol. The Labute approximate surface area is 172 Å². The van der Waals surface area contributed by atoms with E-state index in [4.69, 9.17) is 15.5 Å². The number of primary amides is 1. The summed E-state index contributed by atoms with van der Waals surface area (Å²) in [5.74, 6) is 0.271. The molecule has 3 heterocycles. The largest absolute Gasteiger partial charge is 0.376 e. The molecule has 2 aromatic rings. The first-order valence-electron chi connectivity index (χ1n) is 10.1. The van der Waals surface area contributed by atoms with Crippen LogP contribution in [0.2, 0.25) is 0 Å². The lowest BCUT2D eigenvalue weighted by Gasteiger charge is -2.19. The maximum atomic E-state index is 13.5. The van der Waals surface area contributed by atoms with Crippen molar-refractivity contribution in [3.63, 3.8) is 0 Å². The van der Waals surface area contributed by atoms with Crippen molar-refractivity contribution in [2.24, 2.45) is 11.7 Å². The molecule has 4 rings (SSSR count). The minimum absolute atomic E-state index is 0.00868. The third-order valence-corrected chi connectivity index (χ3v) is 8.25. The van der Waals surface area contributed by atoms with Crippen molar-refractivity contribution in [3.05, 3.63) is 20.8 Å². The fraction of sp³-hybridized carbons (Fsp3) is 0.650. The Hall–Kier alpha value is -1.38. The average molecular weight is 422 g/mol. The average Bonchev–Trinajstić information content (AvgIpc) is 3.28. The zero-order chi connectivity index (χ0) is 19.8. The summed E-state index contributed by atoms with van der Waals surface area (Å²) < 4.78 is 7.52. The standard InChI is InChI=1S/C20H27N3O3S2/c1-3-14(17(21)24)28-20-22-18-16(13-7-6-11(2)9-15(13)27-18)19(25)23(20)10-12-5-4-8-26-12/h11-12,14H,3-10H2,1-2H3,(H2,21,24). The fourth-order valence-corrected chi connectivity index (χ4v) is 6.51. The summed E-state index contributed by atoms with van der Waals surface area (Å²) in [7, 11) is 0. The van der Waals surface area contributed by atoms with Crippen LogP contribution in [0.3, 0.4) is 0 Å². The normalized spacial score (nSPS) is 23.1. The Morgan fingerprint density at radius 1 is 1.46 bits per heavy atom. The third kappa shape index (κ3) is 3.74. The summed E-state index contributed by atoms with van der Waals surface area (Å²) in [6.07, 6.45) is 5.66. The van der Waals surface area contributed by atoms with Gasteiger partial charge in [0.05, 0.1) is 23.3 Å². The summed E-state index contributed by atoms with van der Waals surface area (Å²) in [6.45, 7) is 5.41. The monoisotopic (exact) mass is 421 g/mol.